The fourth-order valence-electron chi connectivity index (χ4n) is 6.41. The van der Waals surface area contributed by atoms with Crippen LogP contribution in [0.1, 0.15) is 32.6 Å². The number of carboxylic acids is 1. The summed E-state index contributed by atoms with van der Waals surface area (Å²) in [6, 6.07) is 55.1. The molecule has 8 aromatic rings. The second-order valence-electron chi connectivity index (χ2n) is 15.6. The Balaban J connectivity index is 0.000000188. The number of amides is 2. The summed E-state index contributed by atoms with van der Waals surface area (Å²) in [6.45, 7) is 3.85. The van der Waals surface area contributed by atoms with Crippen LogP contribution >= 0.6 is 0 Å². The van der Waals surface area contributed by atoms with Gasteiger partial charge in [0, 0.05) is 66.0 Å². The van der Waals surface area contributed by atoms with Crippen molar-refractivity contribution >= 4 is 58.4 Å². The maximum atomic E-state index is 12.3. The number of aromatic carboxylic acids is 1. The Morgan fingerprint density at radius 3 is 1.30 bits per heavy atom. The maximum absolute atomic E-state index is 12.3. The normalized spacial score (nSPS) is 10.4. The van der Waals surface area contributed by atoms with Crippen molar-refractivity contribution in [1.29, 1.82) is 0 Å². The fourth-order valence-corrected chi connectivity index (χ4v) is 6.41. The molecule has 0 fully saturated rings. The zero-order valence-electron chi connectivity index (χ0n) is 39.3. The molecule has 0 heterocycles. The van der Waals surface area contributed by atoms with Gasteiger partial charge in [0.1, 0.15) is 34.5 Å². The number of non-ortho nitro benzene ring substituents is 2. The van der Waals surface area contributed by atoms with E-state index in [1.165, 1.54) is 66.8 Å². The van der Waals surface area contributed by atoms with Crippen molar-refractivity contribution in [2.24, 2.45) is 0 Å². The first kappa shape index (κ1) is 52.0. The monoisotopic (exact) mass is 977 g/mol. The van der Waals surface area contributed by atoms with Crippen LogP contribution in [0.15, 0.2) is 206 Å². The maximum Gasteiger partial charge on any atom is 0.337 e. The third-order valence-electron chi connectivity index (χ3n) is 10.2. The second-order valence-corrected chi connectivity index (χ2v) is 15.6. The molecular formula is C57H47N5O11. The van der Waals surface area contributed by atoms with Crippen LogP contribution in [0, 0.1) is 34.1 Å². The molecule has 16 heteroatoms. The van der Waals surface area contributed by atoms with E-state index in [2.05, 4.69) is 10.6 Å². The molecule has 0 aliphatic carbocycles. The number of nitrogen functional groups attached to an aromatic ring is 1. The number of nitrogens with zero attached hydrogens (tertiary/aromatic N) is 2. The zero-order valence-corrected chi connectivity index (χ0v) is 39.3. The number of benzene rings is 8. The van der Waals surface area contributed by atoms with Gasteiger partial charge in [-0.1, -0.05) is 91.0 Å². The van der Waals surface area contributed by atoms with Gasteiger partial charge in [0.05, 0.1) is 21.1 Å². The van der Waals surface area contributed by atoms with Crippen LogP contribution in [-0.4, -0.2) is 32.7 Å². The number of carbonyl (C=O) groups excluding carboxylic acids is 2. The van der Waals surface area contributed by atoms with Gasteiger partial charge in [0.25, 0.3) is 11.4 Å². The van der Waals surface area contributed by atoms with Gasteiger partial charge in [0.15, 0.2) is 0 Å². The van der Waals surface area contributed by atoms with Crippen molar-refractivity contribution in [1.82, 2.24) is 0 Å². The van der Waals surface area contributed by atoms with E-state index in [1.54, 1.807) is 48.5 Å². The second kappa shape index (κ2) is 25.9. The third-order valence-corrected chi connectivity index (χ3v) is 10.2. The van der Waals surface area contributed by atoms with E-state index in [4.69, 9.17) is 19.9 Å². The number of anilines is 3. The highest BCUT2D eigenvalue weighted by molar-refractivity contribution is 6.06. The molecule has 0 bridgehead atoms. The van der Waals surface area contributed by atoms with Crippen molar-refractivity contribution in [3.05, 3.63) is 254 Å². The minimum atomic E-state index is -1.21. The van der Waals surface area contributed by atoms with Crippen LogP contribution in [0.2, 0.25) is 0 Å². The lowest BCUT2D eigenvalue weighted by Crippen LogP contribution is -2.12. The molecule has 0 radical (unpaired) electrons. The molecule has 0 spiro atoms. The SMILES string of the molecule is Cc1ccc(Oc2ccccc2)cc1N.Cc1ccc(Oc2ccccc2)cc1NC(=O)/C=C/c1cccc([N+](=O)[O-])c1.O=C(/C=C/c1cccc([N+](=O)[O-])c1)Nc1cc(Oc2ccccc2)ccc1C(=O)O. The van der Waals surface area contributed by atoms with Crippen molar-refractivity contribution in [3.8, 4) is 34.5 Å². The molecule has 8 aromatic carbocycles. The minimum Gasteiger partial charge on any atom is -0.478 e. The number of nitro groups is 2. The summed E-state index contributed by atoms with van der Waals surface area (Å²) in [5.74, 6) is 1.66. The number of para-hydroxylation sites is 3. The summed E-state index contributed by atoms with van der Waals surface area (Å²) in [6.07, 6.45) is 5.42. The van der Waals surface area contributed by atoms with Gasteiger partial charge in [-0.2, -0.15) is 0 Å². The largest absolute Gasteiger partial charge is 0.478 e. The lowest BCUT2D eigenvalue weighted by molar-refractivity contribution is -0.385. The summed E-state index contributed by atoms with van der Waals surface area (Å²) in [5, 5.41) is 36.3. The van der Waals surface area contributed by atoms with E-state index in [0.29, 0.717) is 39.8 Å². The Morgan fingerprint density at radius 1 is 0.479 bits per heavy atom. The lowest BCUT2D eigenvalue weighted by Gasteiger charge is -2.11. The number of aryl methyl sites for hydroxylation is 2. The van der Waals surface area contributed by atoms with E-state index in [-0.39, 0.29) is 28.5 Å². The molecule has 0 atom stereocenters. The van der Waals surface area contributed by atoms with Crippen LogP contribution in [0.3, 0.4) is 0 Å². The van der Waals surface area contributed by atoms with E-state index >= 15 is 0 Å². The van der Waals surface area contributed by atoms with Crippen LogP contribution in [0.25, 0.3) is 12.2 Å². The first-order valence-corrected chi connectivity index (χ1v) is 22.2. The van der Waals surface area contributed by atoms with Gasteiger partial charge in [-0.05, 0) is 109 Å². The lowest BCUT2D eigenvalue weighted by atomic mass is 10.1. The van der Waals surface area contributed by atoms with Crippen molar-refractivity contribution < 1.29 is 43.5 Å². The van der Waals surface area contributed by atoms with Gasteiger partial charge < -0.3 is 35.7 Å². The zero-order chi connectivity index (χ0) is 52.1. The smallest absolute Gasteiger partial charge is 0.337 e. The van der Waals surface area contributed by atoms with Crippen LogP contribution in [0.4, 0.5) is 28.4 Å². The van der Waals surface area contributed by atoms with Crippen molar-refractivity contribution in [2.75, 3.05) is 16.4 Å². The molecule has 0 aliphatic rings. The van der Waals surface area contributed by atoms with Gasteiger partial charge in [-0.15, -0.1) is 0 Å². The minimum absolute atomic E-state index is 0.0239. The average molecular weight is 978 g/mol. The Bertz CT molecular complexity index is 3280. The number of ether oxygens (including phenoxy) is 3. The summed E-state index contributed by atoms with van der Waals surface area (Å²) in [7, 11) is 0. The highest BCUT2D eigenvalue weighted by Crippen LogP contribution is 2.29. The van der Waals surface area contributed by atoms with Gasteiger partial charge in [-0.25, -0.2) is 4.79 Å². The van der Waals surface area contributed by atoms with Gasteiger partial charge >= 0.3 is 5.97 Å². The molecular weight excluding hydrogens is 931 g/mol. The molecule has 0 saturated carbocycles. The molecule has 5 N–H and O–H groups in total. The fraction of sp³-hybridized carbons (Fsp3) is 0.0351. The summed E-state index contributed by atoms with van der Waals surface area (Å²) in [5.41, 5.74) is 9.99. The Hall–Kier alpha value is -10.4. The molecule has 0 unspecified atom stereocenters. The predicted octanol–water partition coefficient (Wildman–Crippen LogP) is 13.5. The quantitative estimate of drug-likeness (QED) is 0.0325. The third kappa shape index (κ3) is 16.7. The first-order chi connectivity index (χ1) is 35.2. The van der Waals surface area contributed by atoms with Crippen molar-refractivity contribution in [3.63, 3.8) is 0 Å². The van der Waals surface area contributed by atoms with E-state index < -0.39 is 21.7 Å². The Morgan fingerprint density at radius 2 is 0.877 bits per heavy atom. The Kier molecular flexibility index (Phi) is 18.4. The number of nitrogens with two attached hydrogens (primary N) is 1. The summed E-state index contributed by atoms with van der Waals surface area (Å²) in [4.78, 5) is 56.7. The molecule has 8 rings (SSSR count). The molecule has 0 saturated heterocycles. The summed E-state index contributed by atoms with van der Waals surface area (Å²) < 4.78 is 17.1. The van der Waals surface area contributed by atoms with E-state index in [9.17, 15) is 39.7 Å². The number of rotatable bonds is 15. The van der Waals surface area contributed by atoms with Crippen LogP contribution in [-0.2, 0) is 9.59 Å². The number of carbonyl (C=O) groups is 3. The standard InChI is InChI=1S/C22H16N2O6.C22H18N2O4.C13H13NO/c25-21(12-9-15-5-4-6-16(13-15)24(28)29)23-20-14-18(10-11-19(20)22(26)27)30-17-7-2-1-3-8-17;1-16-10-12-20(28-19-8-3-2-4-9-19)15-21(16)23-22(25)13-11-17-6-5-7-18(14-17)24(26)27;1-10-7-8-12(9-13(10)14)15-11-5-3-2-4-6-11/h1-14H,(H,23,25)(H,26,27);2-15H,1H3,(H,23,25);2-9H,14H2,1H3/b12-9+;13-11+;. The Labute approximate surface area is 419 Å². The number of nitro benzene ring substituents is 2. The number of carboxylic acid groups (broad SMARTS) is 1. The number of hydrogen-bond acceptors (Lipinski definition) is 11. The topological polar surface area (TPSA) is 235 Å². The van der Waals surface area contributed by atoms with Gasteiger partial charge in [-0.3, -0.25) is 29.8 Å². The molecule has 0 aliphatic heterocycles. The highest BCUT2D eigenvalue weighted by Gasteiger charge is 2.14. The molecule has 2 amide bonds. The molecule has 366 valence electrons. The van der Waals surface area contributed by atoms with Crippen molar-refractivity contribution in [2.45, 2.75) is 13.8 Å². The molecule has 0 aromatic heterocycles. The number of nitrogens with one attached hydrogen (secondary N) is 2. The van der Waals surface area contributed by atoms with Crippen LogP contribution in [0.5, 0.6) is 34.5 Å². The average Bonchev–Trinajstić information content (AvgIpc) is 3.38. The molecule has 73 heavy (non-hydrogen) atoms. The first-order valence-electron chi connectivity index (χ1n) is 22.2. The predicted molar refractivity (Wildman–Crippen MR) is 281 cm³/mol. The van der Waals surface area contributed by atoms with E-state index in [0.717, 1.165) is 34.4 Å². The number of hydrogen-bond donors (Lipinski definition) is 4. The molecule has 16 nitrogen and oxygen atoms in total. The highest BCUT2D eigenvalue weighted by atomic mass is 16.6. The summed E-state index contributed by atoms with van der Waals surface area (Å²) >= 11 is 0. The van der Waals surface area contributed by atoms with Gasteiger partial charge in [0.2, 0.25) is 11.8 Å². The van der Waals surface area contributed by atoms with E-state index in [1.807, 2.05) is 111 Å². The van der Waals surface area contributed by atoms with Crippen LogP contribution < -0.4 is 30.6 Å².